The molecule has 0 unspecified atom stereocenters. The fourth-order valence-electron chi connectivity index (χ4n) is 3.09. The van der Waals surface area contributed by atoms with E-state index in [1.54, 1.807) is 12.1 Å². The first-order chi connectivity index (χ1) is 12.6. The molecule has 0 aromatic heterocycles. The molecule has 2 aromatic rings. The molecular weight excluding hydrogens is 418 g/mol. The molecule has 4 nitrogen and oxygen atoms in total. The van der Waals surface area contributed by atoms with E-state index in [9.17, 15) is 14.8 Å². The molecule has 7 heteroatoms. The van der Waals surface area contributed by atoms with Crippen LogP contribution in [0.5, 0.6) is 11.5 Å². The number of halogens is 2. The van der Waals surface area contributed by atoms with E-state index in [2.05, 4.69) is 0 Å². The van der Waals surface area contributed by atoms with Crippen molar-refractivity contribution in [3.8, 4) is 11.5 Å². The van der Waals surface area contributed by atoms with Gasteiger partial charge in [0.15, 0.2) is 0 Å². The van der Waals surface area contributed by atoms with Gasteiger partial charge in [-0.05, 0) is 35.1 Å². The smallest absolute Gasteiger partial charge is 0.268 e. The highest BCUT2D eigenvalue weighted by Crippen LogP contribution is 2.52. The van der Waals surface area contributed by atoms with E-state index in [0.29, 0.717) is 21.2 Å². The van der Waals surface area contributed by atoms with Gasteiger partial charge in [-0.15, -0.1) is 0 Å². The van der Waals surface area contributed by atoms with Crippen LogP contribution in [0.15, 0.2) is 24.3 Å². The summed E-state index contributed by atoms with van der Waals surface area (Å²) in [6, 6.07) is 6.10. The fraction of sp³-hybridized carbons (Fsp3) is 0.429. The van der Waals surface area contributed by atoms with E-state index >= 15 is 0 Å². The Hall–Kier alpha value is -1.19. The molecule has 0 aliphatic carbocycles. The molecule has 2 N–H and O–H groups in total. The van der Waals surface area contributed by atoms with Crippen LogP contribution in [0.25, 0.3) is 0 Å². The summed E-state index contributed by atoms with van der Waals surface area (Å²) in [7, 11) is -2.62. The van der Waals surface area contributed by atoms with E-state index in [1.165, 1.54) is 19.2 Å². The quantitative estimate of drug-likeness (QED) is 0.580. The van der Waals surface area contributed by atoms with Gasteiger partial charge < -0.3 is 14.7 Å². The summed E-state index contributed by atoms with van der Waals surface area (Å²) < 4.78 is 19.5. The zero-order valence-corrected chi connectivity index (χ0v) is 19.6. The Balaban J connectivity index is 2.91. The summed E-state index contributed by atoms with van der Waals surface area (Å²) in [6.45, 7) is 11.5. The Morgan fingerprint density at radius 1 is 0.786 bits per heavy atom. The summed E-state index contributed by atoms with van der Waals surface area (Å²) >= 11 is 12.6. The van der Waals surface area contributed by atoms with Crippen molar-refractivity contribution in [1.82, 2.24) is 0 Å². The Labute approximate surface area is 176 Å². The van der Waals surface area contributed by atoms with E-state index in [0.717, 1.165) is 0 Å². The van der Waals surface area contributed by atoms with Gasteiger partial charge in [-0.2, -0.15) is 0 Å². The molecule has 154 valence electrons. The van der Waals surface area contributed by atoms with Gasteiger partial charge in [0.25, 0.3) is 7.37 Å². The molecule has 2 rings (SSSR count). The number of benzene rings is 2. The van der Waals surface area contributed by atoms with Gasteiger partial charge >= 0.3 is 0 Å². The molecule has 0 bridgehead atoms. The lowest BCUT2D eigenvalue weighted by molar-refractivity contribution is 0.404. The van der Waals surface area contributed by atoms with E-state index in [1.807, 2.05) is 41.5 Å². The van der Waals surface area contributed by atoms with Crippen LogP contribution in [0.3, 0.4) is 0 Å². The molecule has 0 fully saturated rings. The van der Waals surface area contributed by atoms with Gasteiger partial charge in [-0.1, -0.05) is 64.7 Å². The Kier molecular flexibility index (Phi) is 6.24. The van der Waals surface area contributed by atoms with E-state index < -0.39 is 18.2 Å². The number of rotatable bonds is 3. The topological polar surface area (TPSA) is 66.8 Å². The van der Waals surface area contributed by atoms with Crippen molar-refractivity contribution in [2.24, 2.45) is 0 Å². The first-order valence-electron chi connectivity index (χ1n) is 8.86. The molecule has 0 saturated heterocycles. The molecule has 0 heterocycles. The van der Waals surface area contributed by atoms with Crippen LogP contribution in [0.1, 0.15) is 52.7 Å². The zero-order chi connectivity index (χ0) is 21.7. The summed E-state index contributed by atoms with van der Waals surface area (Å²) in [5.74, 6) is -0.336. The van der Waals surface area contributed by atoms with Crippen LogP contribution in [0, 0.1) is 0 Å². The maximum Gasteiger partial charge on any atom is 0.268 e. The molecule has 0 radical (unpaired) electrons. The lowest BCUT2D eigenvalue weighted by Gasteiger charge is -2.27. The third-order valence-electron chi connectivity index (χ3n) is 4.62. The maximum atomic E-state index is 14.0. The summed E-state index contributed by atoms with van der Waals surface area (Å²) in [5.41, 5.74) is 0.166. The third kappa shape index (κ3) is 4.21. The molecule has 0 spiro atoms. The number of aromatic hydroxyl groups is 2. The second-order valence-corrected chi connectivity index (χ2v) is 12.2. The number of hydrogen-bond acceptors (Lipinski definition) is 4. The van der Waals surface area contributed by atoms with Crippen LogP contribution in [-0.4, -0.2) is 17.3 Å². The highest BCUT2D eigenvalue weighted by atomic mass is 35.5. The van der Waals surface area contributed by atoms with E-state index in [4.69, 9.17) is 27.7 Å². The molecule has 0 aliphatic heterocycles. The Morgan fingerprint density at radius 2 is 1.11 bits per heavy atom. The van der Waals surface area contributed by atoms with Gasteiger partial charge in [0.05, 0.1) is 10.6 Å². The normalized spacial score (nSPS) is 13.0. The van der Waals surface area contributed by atoms with Crippen LogP contribution in [-0.2, 0) is 19.9 Å². The zero-order valence-electron chi connectivity index (χ0n) is 17.2. The standard InChI is InChI=1S/C21H27Cl2O4P/c1-20(2,3)14-8-12(22)10-16(18(14)24)28(26,27-7)17-11-13(23)9-15(19(17)25)21(4,5)6/h8-11,24-25H,1-7H3. The molecule has 28 heavy (non-hydrogen) atoms. The van der Waals surface area contributed by atoms with Crippen molar-refractivity contribution in [3.63, 3.8) is 0 Å². The van der Waals surface area contributed by atoms with Crippen LogP contribution >= 0.6 is 30.6 Å². The Bertz CT molecular complexity index is 883. The predicted octanol–water partition coefficient (Wildman–Crippen LogP) is 5.87. The lowest BCUT2D eigenvalue weighted by Crippen LogP contribution is -2.24. The average Bonchev–Trinajstić information content (AvgIpc) is 2.55. The van der Waals surface area contributed by atoms with Crippen molar-refractivity contribution in [2.75, 3.05) is 7.11 Å². The van der Waals surface area contributed by atoms with Crippen molar-refractivity contribution >= 4 is 41.2 Å². The van der Waals surface area contributed by atoms with Gasteiger partial charge in [-0.25, -0.2) is 0 Å². The monoisotopic (exact) mass is 444 g/mol. The summed E-state index contributed by atoms with van der Waals surface area (Å²) in [4.78, 5) is 0. The van der Waals surface area contributed by atoms with Crippen molar-refractivity contribution < 1.29 is 19.3 Å². The highest BCUT2D eigenvalue weighted by molar-refractivity contribution is 7.74. The van der Waals surface area contributed by atoms with Crippen LogP contribution in [0.2, 0.25) is 10.0 Å². The molecule has 0 atom stereocenters. The minimum atomic E-state index is -3.90. The molecular formula is C21H27Cl2O4P. The minimum absolute atomic E-state index is 0.0323. The molecule has 0 amide bonds. The second-order valence-electron chi connectivity index (χ2n) is 8.88. The van der Waals surface area contributed by atoms with Crippen LogP contribution in [0.4, 0.5) is 0 Å². The number of phenols is 2. The predicted molar refractivity (Wildman–Crippen MR) is 118 cm³/mol. The van der Waals surface area contributed by atoms with Crippen LogP contribution < -0.4 is 10.6 Å². The summed E-state index contributed by atoms with van der Waals surface area (Å²) in [6.07, 6.45) is 0. The van der Waals surface area contributed by atoms with Crippen molar-refractivity contribution in [1.29, 1.82) is 0 Å². The lowest BCUT2D eigenvalue weighted by atomic mass is 9.86. The molecule has 2 aromatic carbocycles. The van der Waals surface area contributed by atoms with Gasteiger partial charge in [-0.3, -0.25) is 4.57 Å². The SMILES string of the molecule is COP(=O)(c1cc(Cl)cc(C(C)(C)C)c1O)c1cc(Cl)cc(C(C)(C)C)c1O. The summed E-state index contributed by atoms with van der Waals surface area (Å²) in [5, 5.41) is 22.6. The van der Waals surface area contributed by atoms with Crippen molar-refractivity contribution in [3.05, 3.63) is 45.4 Å². The first-order valence-corrected chi connectivity index (χ1v) is 11.2. The highest BCUT2D eigenvalue weighted by Gasteiger charge is 2.38. The Morgan fingerprint density at radius 3 is 1.36 bits per heavy atom. The largest absolute Gasteiger partial charge is 0.507 e. The fourth-order valence-corrected chi connectivity index (χ4v) is 5.75. The van der Waals surface area contributed by atoms with E-state index in [-0.39, 0.29) is 22.1 Å². The second kappa shape index (κ2) is 7.57. The first kappa shape index (κ1) is 23.1. The van der Waals surface area contributed by atoms with Gasteiger partial charge in [0, 0.05) is 28.3 Å². The number of phenolic OH excluding ortho intramolecular Hbond substituents is 2. The third-order valence-corrected chi connectivity index (χ3v) is 7.52. The van der Waals surface area contributed by atoms with Gasteiger partial charge in [0.2, 0.25) is 0 Å². The molecule has 0 saturated carbocycles. The van der Waals surface area contributed by atoms with Gasteiger partial charge in [0.1, 0.15) is 11.5 Å². The maximum absolute atomic E-state index is 14.0. The number of hydrogen-bond donors (Lipinski definition) is 2. The average molecular weight is 445 g/mol. The minimum Gasteiger partial charge on any atom is -0.507 e. The molecule has 0 aliphatic rings. The van der Waals surface area contributed by atoms with Crippen molar-refractivity contribution in [2.45, 2.75) is 52.4 Å².